The fourth-order valence-electron chi connectivity index (χ4n) is 5.73. The summed E-state index contributed by atoms with van der Waals surface area (Å²) >= 11 is 0. The lowest BCUT2D eigenvalue weighted by atomic mass is 9.88. The summed E-state index contributed by atoms with van der Waals surface area (Å²) in [5, 5.41) is 16.8. The lowest BCUT2D eigenvalue weighted by Crippen LogP contribution is -2.28. The van der Waals surface area contributed by atoms with Gasteiger partial charge in [-0.05, 0) is 66.5 Å². The average molecular weight is 585 g/mol. The first-order valence-electron chi connectivity index (χ1n) is 15.4. The molecule has 0 saturated carbocycles. The van der Waals surface area contributed by atoms with Crippen molar-refractivity contribution in [2.24, 2.45) is 0 Å². The molecule has 1 aliphatic carbocycles. The second-order valence-corrected chi connectivity index (χ2v) is 12.6. The van der Waals surface area contributed by atoms with Crippen LogP contribution < -0.4 is 16.0 Å². The number of amides is 2. The van der Waals surface area contributed by atoms with Gasteiger partial charge in [-0.15, -0.1) is 0 Å². The third-order valence-corrected chi connectivity index (χ3v) is 8.15. The number of hydrogen-bond donors (Lipinski definition) is 3. The Balaban J connectivity index is 1.24. The molecule has 2 amide bonds. The maximum Gasteiger partial charge on any atom is 0.324 e. The van der Waals surface area contributed by atoms with E-state index in [4.69, 9.17) is 5.10 Å². The van der Waals surface area contributed by atoms with Crippen LogP contribution in [0.1, 0.15) is 62.5 Å². The first kappa shape index (κ1) is 29.3. The molecule has 0 aliphatic heterocycles. The van der Waals surface area contributed by atoms with Crippen molar-refractivity contribution < 1.29 is 4.79 Å². The first-order valence-corrected chi connectivity index (χ1v) is 15.4. The molecule has 0 bridgehead atoms. The number of fused-ring (bicyclic) bond motifs is 1. The van der Waals surface area contributed by atoms with Crippen molar-refractivity contribution >= 4 is 33.9 Å². The fraction of sp³-hybridized carbons (Fsp3) is 0.270. The second-order valence-electron chi connectivity index (χ2n) is 12.6. The van der Waals surface area contributed by atoms with Gasteiger partial charge in [0.15, 0.2) is 0 Å². The zero-order chi connectivity index (χ0) is 30.7. The Kier molecular flexibility index (Phi) is 8.31. The molecule has 1 unspecified atom stereocenters. The number of benzene rings is 3. The van der Waals surface area contributed by atoms with Gasteiger partial charge in [0.1, 0.15) is 5.82 Å². The zero-order valence-corrected chi connectivity index (χ0v) is 25.9. The molecule has 7 nitrogen and oxygen atoms in total. The van der Waals surface area contributed by atoms with Crippen molar-refractivity contribution in [2.45, 2.75) is 65.0 Å². The summed E-state index contributed by atoms with van der Waals surface area (Å²) in [6.07, 6.45) is 7.46. The number of urea groups is 1. The lowest BCUT2D eigenvalue weighted by Gasteiger charge is -2.24. The van der Waals surface area contributed by atoms with Gasteiger partial charge in [0.2, 0.25) is 0 Å². The van der Waals surface area contributed by atoms with Crippen molar-refractivity contribution in [3.8, 4) is 5.69 Å². The van der Waals surface area contributed by atoms with Crippen LogP contribution in [0.2, 0.25) is 0 Å². The van der Waals surface area contributed by atoms with E-state index in [1.807, 2.05) is 37.3 Å². The van der Waals surface area contributed by atoms with Gasteiger partial charge in [0, 0.05) is 35.1 Å². The predicted molar refractivity (Wildman–Crippen MR) is 180 cm³/mol. The van der Waals surface area contributed by atoms with E-state index in [1.165, 1.54) is 16.7 Å². The molecule has 2 heterocycles. The van der Waals surface area contributed by atoms with Gasteiger partial charge >= 0.3 is 6.03 Å². The van der Waals surface area contributed by atoms with Crippen LogP contribution in [0.15, 0.2) is 97.2 Å². The standard InChI is InChI=1S/C37H40N6O/c1-25-17-18-29(24-38-25)43-35(22-34(42-43)37(2,3)4)41-36(44)40-33-20-19-30(31-15-8-9-16-32(31)33)27-13-10-14-28(21-27)39-23-26-11-6-5-7-12-26/h5-9,11-12,15-22,24,28,39H,10,13-14,23H2,1-4H3,(H2,40,41,44). The third kappa shape index (κ3) is 6.58. The molecule has 1 aliphatic rings. The van der Waals surface area contributed by atoms with E-state index in [-0.39, 0.29) is 11.4 Å². The number of pyridine rings is 1. The number of anilines is 2. The largest absolute Gasteiger partial charge is 0.324 e. The first-order chi connectivity index (χ1) is 21.2. The van der Waals surface area contributed by atoms with Gasteiger partial charge in [-0.2, -0.15) is 5.10 Å². The van der Waals surface area contributed by atoms with E-state index in [2.05, 4.69) is 102 Å². The van der Waals surface area contributed by atoms with Gasteiger partial charge in [-0.25, -0.2) is 9.48 Å². The summed E-state index contributed by atoms with van der Waals surface area (Å²) in [5.41, 5.74) is 7.01. The van der Waals surface area contributed by atoms with Gasteiger partial charge in [-0.1, -0.05) is 87.5 Å². The number of allylic oxidation sites excluding steroid dienone is 1. The van der Waals surface area contributed by atoms with E-state index in [0.29, 0.717) is 11.9 Å². The molecule has 3 N–H and O–H groups in total. The van der Waals surface area contributed by atoms with Crippen LogP contribution in [0.5, 0.6) is 0 Å². The van der Waals surface area contributed by atoms with Crippen LogP contribution in [-0.2, 0) is 12.0 Å². The molecule has 224 valence electrons. The maximum absolute atomic E-state index is 13.4. The average Bonchev–Trinajstić information content (AvgIpc) is 3.45. The minimum atomic E-state index is -0.327. The summed E-state index contributed by atoms with van der Waals surface area (Å²) < 4.78 is 1.74. The molecule has 0 radical (unpaired) electrons. The van der Waals surface area contributed by atoms with Crippen LogP contribution in [0.3, 0.4) is 0 Å². The van der Waals surface area contributed by atoms with Crippen molar-refractivity contribution in [2.75, 3.05) is 10.6 Å². The summed E-state index contributed by atoms with van der Waals surface area (Å²) in [6.45, 7) is 9.11. The van der Waals surface area contributed by atoms with Gasteiger partial charge in [-0.3, -0.25) is 10.3 Å². The highest BCUT2D eigenvalue weighted by Crippen LogP contribution is 2.35. The molecule has 0 spiro atoms. The molecule has 3 aromatic carbocycles. The minimum absolute atomic E-state index is 0.188. The number of hydrogen-bond acceptors (Lipinski definition) is 4. The summed E-state index contributed by atoms with van der Waals surface area (Å²) in [6, 6.07) is 28.8. The molecule has 7 heteroatoms. The van der Waals surface area contributed by atoms with Crippen molar-refractivity contribution in [1.82, 2.24) is 20.1 Å². The number of nitrogens with one attached hydrogen (secondary N) is 3. The van der Waals surface area contributed by atoms with E-state index in [1.54, 1.807) is 10.9 Å². The number of rotatable bonds is 7. The number of nitrogens with zero attached hydrogens (tertiary/aromatic N) is 3. The molecule has 0 fully saturated rings. The highest BCUT2D eigenvalue weighted by Gasteiger charge is 2.22. The number of carbonyl (C=O) groups is 1. The molecule has 1 atom stereocenters. The summed E-state index contributed by atoms with van der Waals surface area (Å²) in [4.78, 5) is 17.9. The van der Waals surface area contributed by atoms with Gasteiger partial charge in [0.25, 0.3) is 0 Å². The predicted octanol–water partition coefficient (Wildman–Crippen LogP) is 8.40. The molecule has 0 saturated heterocycles. The minimum Gasteiger partial charge on any atom is -0.307 e. The van der Waals surface area contributed by atoms with Crippen molar-refractivity contribution in [3.05, 3.63) is 120 Å². The van der Waals surface area contributed by atoms with Crippen LogP contribution in [0.4, 0.5) is 16.3 Å². The Morgan fingerprint density at radius 1 is 0.932 bits per heavy atom. The Bertz CT molecular complexity index is 1800. The fourth-order valence-corrected chi connectivity index (χ4v) is 5.73. The van der Waals surface area contributed by atoms with Gasteiger partial charge < -0.3 is 10.6 Å². The summed E-state index contributed by atoms with van der Waals surface area (Å²) in [5.74, 6) is 0.584. The zero-order valence-electron chi connectivity index (χ0n) is 25.9. The molecule has 6 rings (SSSR count). The highest BCUT2D eigenvalue weighted by molar-refractivity contribution is 6.08. The van der Waals surface area contributed by atoms with Crippen LogP contribution >= 0.6 is 0 Å². The number of aromatic nitrogens is 3. The topological polar surface area (TPSA) is 83.9 Å². The Morgan fingerprint density at radius 2 is 1.70 bits per heavy atom. The van der Waals surface area contributed by atoms with E-state index >= 15 is 0 Å². The SMILES string of the molecule is Cc1ccc(-n2nc(C(C)(C)C)cc2NC(=O)Nc2ccc(C3=CC(NCc4ccccc4)CCC3)c3ccccc23)cn1. The Labute approximate surface area is 259 Å². The van der Waals surface area contributed by atoms with Gasteiger partial charge in [0.05, 0.1) is 23.3 Å². The van der Waals surface area contributed by atoms with Crippen LogP contribution in [0.25, 0.3) is 22.0 Å². The molecule has 5 aromatic rings. The van der Waals surface area contributed by atoms with E-state index in [9.17, 15) is 4.79 Å². The quantitative estimate of drug-likeness (QED) is 0.179. The normalized spacial score (nSPS) is 15.2. The van der Waals surface area contributed by atoms with Crippen LogP contribution in [0, 0.1) is 6.92 Å². The smallest absolute Gasteiger partial charge is 0.307 e. The Hall–Kier alpha value is -4.75. The molecule has 2 aromatic heterocycles. The molecular formula is C37H40N6O. The highest BCUT2D eigenvalue weighted by atomic mass is 16.2. The van der Waals surface area contributed by atoms with Crippen molar-refractivity contribution in [3.63, 3.8) is 0 Å². The number of aryl methyl sites for hydroxylation is 1. The maximum atomic E-state index is 13.4. The van der Waals surface area contributed by atoms with Crippen LogP contribution in [-0.4, -0.2) is 26.8 Å². The monoisotopic (exact) mass is 584 g/mol. The second kappa shape index (κ2) is 12.5. The van der Waals surface area contributed by atoms with E-state index < -0.39 is 0 Å². The molecular weight excluding hydrogens is 544 g/mol. The van der Waals surface area contributed by atoms with E-state index in [0.717, 1.165) is 59.3 Å². The third-order valence-electron chi connectivity index (χ3n) is 8.15. The van der Waals surface area contributed by atoms with Crippen molar-refractivity contribution in [1.29, 1.82) is 0 Å². The summed E-state index contributed by atoms with van der Waals surface area (Å²) in [7, 11) is 0. The lowest BCUT2D eigenvalue weighted by molar-refractivity contribution is 0.262. The Morgan fingerprint density at radius 3 is 2.45 bits per heavy atom. The number of carbonyl (C=O) groups excluding carboxylic acids is 1. The molecule has 44 heavy (non-hydrogen) atoms.